The van der Waals surface area contributed by atoms with Gasteiger partial charge >= 0.3 is 0 Å². The molecule has 3 N–H and O–H groups in total. The molecule has 9 aromatic heterocycles. The van der Waals surface area contributed by atoms with Crippen LogP contribution in [0.15, 0.2) is 107 Å². The van der Waals surface area contributed by atoms with Crippen LogP contribution in [0.1, 0.15) is 151 Å². The van der Waals surface area contributed by atoms with Gasteiger partial charge in [0, 0.05) is 110 Å². The predicted molar refractivity (Wildman–Crippen MR) is 532 cm³/mol. The number of amides is 3. The molecular weight excluding hydrogens is 2000 g/mol. The number of nitriles is 3. The van der Waals surface area contributed by atoms with Crippen LogP contribution >= 0.6 is 92.8 Å². The maximum Gasteiger partial charge on any atom is 0.276 e. The smallest absolute Gasteiger partial charge is 0.276 e. The summed E-state index contributed by atoms with van der Waals surface area (Å²) in [6.07, 6.45) is 8.45. The number of piperazine rings is 3. The molecule has 0 aliphatic carbocycles. The van der Waals surface area contributed by atoms with Gasteiger partial charge in [0.2, 0.25) is 23.5 Å². The topological polar surface area (TPSA) is 346 Å². The summed E-state index contributed by atoms with van der Waals surface area (Å²) in [6, 6.07) is 13.3. The summed E-state index contributed by atoms with van der Waals surface area (Å²) in [5.74, 6) is -16.1. The van der Waals surface area contributed by atoms with E-state index in [-0.39, 0.29) is 204 Å². The first-order valence-corrected chi connectivity index (χ1v) is 46.7. The van der Waals surface area contributed by atoms with Crippen molar-refractivity contribution in [3.63, 3.8) is 0 Å². The number of anilines is 3. The molecule has 27 nitrogen and oxygen atoms in total. The molecule has 3 saturated heterocycles. The van der Waals surface area contributed by atoms with E-state index < -0.39 is 122 Å². The predicted octanol–water partition coefficient (Wildman–Crippen LogP) is 21.4. The number of pyridine rings is 9. The molecule has 3 fully saturated rings. The van der Waals surface area contributed by atoms with Gasteiger partial charge in [-0.1, -0.05) is 154 Å². The number of nitrogens with zero attached hydrogens (tertiary/aromatic N) is 18. The summed E-state index contributed by atoms with van der Waals surface area (Å²) in [7, 11) is 0. The normalized spacial score (nSPS) is 16.6. The molecule has 0 bridgehead atoms. The monoisotopic (exact) mass is 2080 g/mol. The number of fused-ring (bicyclic) bond motifs is 3. The van der Waals surface area contributed by atoms with Gasteiger partial charge in [0.1, 0.15) is 61.9 Å². The fourth-order valence-corrected chi connectivity index (χ4v) is 20.6. The molecule has 12 aromatic rings. The largest absolute Gasteiger partial charge is 0.504 e. The number of aromatic hydroxyl groups is 3. The first-order chi connectivity index (χ1) is 66.5. The highest BCUT2D eigenvalue weighted by atomic mass is 35.5. The molecule has 3 aliphatic rings. The van der Waals surface area contributed by atoms with Gasteiger partial charge in [0.15, 0.2) is 52.2 Å². The highest BCUT2D eigenvalue weighted by Crippen LogP contribution is 2.51. The standard InChI is InChI=1S/2C33H29Cl3F2N6O3.C33H29Cl2F3N6O3/c2*1-7-21(45)43-16(5)12-42(13-17(43)6)30-18-10-20(34)28(22-23(35)31(46)26(38)24(36)25(22)37)41-32(18)44(33(47)19(30)11-39)29-15(4)8-9-40-27(29)14(2)3;1-7-21(45)43-16(5)12-42(13-17(43)6)30-18-10-20(34)28(22-23(35)31(46)26(38)25(37)24(22)36)41-32(18)44(33(47)19(30)11-39)29-15(4)8-9-40-27(29)14(2)3/h3*7-10,14,16-17,46H,1,12-13H2,2-6H3/t3*16-,17+. The van der Waals surface area contributed by atoms with Crippen LogP contribution in [-0.2, 0) is 14.4 Å². The summed E-state index contributed by atoms with van der Waals surface area (Å²) >= 11 is 50.5. The van der Waals surface area contributed by atoms with Crippen LogP contribution in [0.3, 0.4) is 0 Å². The molecule has 6 atom stereocenters. The number of aromatic nitrogens is 9. The van der Waals surface area contributed by atoms with Crippen molar-refractivity contribution in [3.8, 4) is 86.3 Å². The van der Waals surface area contributed by atoms with Gasteiger partial charge in [0.05, 0.1) is 115 Å². The van der Waals surface area contributed by atoms with Gasteiger partial charge < -0.3 is 44.7 Å². The summed E-state index contributed by atoms with van der Waals surface area (Å²) in [5, 5.41) is 57.9. The zero-order valence-electron chi connectivity index (χ0n) is 78.0. The number of benzene rings is 3. The average Bonchev–Trinajstić information content (AvgIpc) is 0.725. The molecule has 0 unspecified atom stereocenters. The molecule has 15 rings (SSSR count). The van der Waals surface area contributed by atoms with Crippen LogP contribution in [0.25, 0.3) is 83.9 Å². The van der Waals surface area contributed by atoms with Crippen LogP contribution in [0.2, 0.25) is 40.2 Å². The van der Waals surface area contributed by atoms with Gasteiger partial charge in [0.25, 0.3) is 16.7 Å². The summed E-state index contributed by atoms with van der Waals surface area (Å²) in [6.45, 7) is 39.7. The third-order valence-corrected chi connectivity index (χ3v) is 27.4. The second-order valence-corrected chi connectivity index (χ2v) is 38.3. The lowest BCUT2D eigenvalue weighted by molar-refractivity contribution is -0.131. The Kier molecular flexibility index (Phi) is 30.8. The lowest BCUT2D eigenvalue weighted by atomic mass is 10.0. The van der Waals surface area contributed by atoms with Crippen molar-refractivity contribution in [1.82, 2.24) is 58.3 Å². The quantitative estimate of drug-likeness (QED) is 0.0371. The highest BCUT2D eigenvalue weighted by molar-refractivity contribution is 6.41. The second-order valence-electron chi connectivity index (χ2n) is 35.1. The Morgan fingerprint density at radius 2 is 0.617 bits per heavy atom. The van der Waals surface area contributed by atoms with Crippen molar-refractivity contribution in [2.75, 3.05) is 54.0 Å². The zero-order valence-corrected chi connectivity index (χ0v) is 84.0. The number of rotatable bonds is 15. The van der Waals surface area contributed by atoms with Crippen LogP contribution in [0.4, 0.5) is 47.8 Å². The molecule has 141 heavy (non-hydrogen) atoms. The SMILES string of the molecule is C=CC(=O)N1[C@H](C)CN(c2c(C#N)c(=O)n(-c3c(C)ccnc3C(C)C)c3nc(-c4c(F)c(Cl)c(F)c(O)c4Cl)c(Cl)cc23)C[C@@H]1C.C=CC(=O)N1[C@H](C)CN(c2c(C#N)c(=O)n(-c3c(C)ccnc3C(C)C)c3nc(-c4c(F)c(Cl)c(F)c(O)c4Cl)c(Cl)cc23)C[C@@H]1C.C=CC(=O)N1[C@H](C)CN(c2c(C#N)c(=O)n(-c3c(C)ccnc3C(C)C)c3nc(-c4c(F)c(F)c(F)c(O)c4Cl)c(Cl)cc23)C[C@@H]1C. The van der Waals surface area contributed by atoms with Gasteiger partial charge in [-0.15, -0.1) is 0 Å². The first-order valence-electron chi connectivity index (χ1n) is 43.7. The van der Waals surface area contributed by atoms with Crippen LogP contribution in [-0.4, -0.2) is 167 Å². The number of halogens is 15. The number of phenols is 3. The van der Waals surface area contributed by atoms with Crippen molar-refractivity contribution < 1.29 is 60.4 Å². The van der Waals surface area contributed by atoms with E-state index in [2.05, 4.69) is 61.8 Å². The highest BCUT2D eigenvalue weighted by Gasteiger charge is 2.43. The van der Waals surface area contributed by atoms with Crippen LogP contribution in [0, 0.1) is 95.5 Å². The molecule has 732 valence electrons. The summed E-state index contributed by atoms with van der Waals surface area (Å²) in [4.78, 5) is 119. The van der Waals surface area contributed by atoms with Crippen LogP contribution < -0.4 is 31.4 Å². The number of carbonyl (C=O) groups excluding carboxylic acids is 3. The first kappa shape index (κ1) is 105. The van der Waals surface area contributed by atoms with Gasteiger partial charge in [-0.05, 0) is 151 Å². The van der Waals surface area contributed by atoms with E-state index in [4.69, 9.17) is 92.8 Å². The Morgan fingerprint density at radius 3 is 0.844 bits per heavy atom. The third-order valence-electron chi connectivity index (χ3n) is 24.8. The van der Waals surface area contributed by atoms with Crippen molar-refractivity contribution in [3.05, 3.63) is 255 Å². The minimum atomic E-state index is -2.00. The van der Waals surface area contributed by atoms with Crippen LogP contribution in [0.5, 0.6) is 17.2 Å². The number of aryl methyl sites for hydroxylation is 3. The molecule has 12 heterocycles. The molecule has 3 aromatic carbocycles. The minimum absolute atomic E-state index is 0.0401. The fourth-order valence-electron chi connectivity index (χ4n) is 18.7. The lowest BCUT2D eigenvalue weighted by Crippen LogP contribution is -2.58. The van der Waals surface area contributed by atoms with Crippen molar-refractivity contribution in [2.45, 2.75) is 158 Å². The van der Waals surface area contributed by atoms with Gasteiger partial charge in [-0.25, -0.2) is 41.3 Å². The Morgan fingerprint density at radius 1 is 0.383 bits per heavy atom. The van der Waals surface area contributed by atoms with E-state index in [0.717, 1.165) is 0 Å². The van der Waals surface area contributed by atoms with E-state index in [1.165, 1.54) is 50.1 Å². The molecule has 0 radical (unpaired) electrons. The Balaban J connectivity index is 0.000000178. The molecule has 3 aliphatic heterocycles. The van der Waals surface area contributed by atoms with E-state index in [1.54, 1.807) is 77.2 Å². The number of hydrogen-bond acceptors (Lipinski definition) is 21. The van der Waals surface area contributed by atoms with E-state index in [0.29, 0.717) is 50.8 Å². The zero-order chi connectivity index (χ0) is 104. The van der Waals surface area contributed by atoms with Crippen molar-refractivity contribution in [1.29, 1.82) is 15.8 Å². The molecular formula is C99H87Cl8F7N18O9. The maximum absolute atomic E-state index is 15.6. The number of carbonyl (C=O) groups is 3. The fraction of sp³-hybridized carbons (Fsp3) is 0.303. The van der Waals surface area contributed by atoms with E-state index in [9.17, 15) is 77.4 Å². The Labute approximate surface area is 842 Å². The second kappa shape index (κ2) is 41.2. The summed E-state index contributed by atoms with van der Waals surface area (Å²) in [5.41, 5.74) is -1.27. The summed E-state index contributed by atoms with van der Waals surface area (Å²) < 4.78 is 108. The van der Waals surface area contributed by atoms with Gasteiger partial charge in [-0.3, -0.25) is 57.4 Å². The van der Waals surface area contributed by atoms with Crippen molar-refractivity contribution in [2.24, 2.45) is 0 Å². The Hall–Kier alpha value is -13.1. The molecule has 0 saturated carbocycles. The van der Waals surface area contributed by atoms with E-state index >= 15 is 13.2 Å². The molecule has 42 heteroatoms. The van der Waals surface area contributed by atoms with Crippen molar-refractivity contribution >= 4 is 161 Å². The number of hydrogen-bond donors (Lipinski definition) is 3. The Bertz CT molecular complexity index is 6870. The lowest BCUT2D eigenvalue weighted by Gasteiger charge is -2.45. The number of phenolic OH excluding ortho intramolecular Hbond substituents is 3. The van der Waals surface area contributed by atoms with Gasteiger partial charge in [-0.2, -0.15) is 20.2 Å². The average molecular weight is 2090 g/mol. The minimum Gasteiger partial charge on any atom is -0.504 e. The molecule has 3 amide bonds. The van der Waals surface area contributed by atoms with E-state index in [1.807, 2.05) is 99.0 Å². The maximum atomic E-state index is 15.6. The third kappa shape index (κ3) is 18.3. The molecule has 0 spiro atoms.